The van der Waals surface area contributed by atoms with E-state index in [0.717, 1.165) is 0 Å². The number of nitrogens with one attached hydrogen (secondary N) is 1. The first-order valence-corrected chi connectivity index (χ1v) is 6.72. The number of halogens is 1. The van der Waals surface area contributed by atoms with Crippen LogP contribution in [0.3, 0.4) is 0 Å². The molecule has 0 fully saturated rings. The second-order valence-electron chi connectivity index (χ2n) is 3.47. The molecule has 0 aromatic heterocycles. The van der Waals surface area contributed by atoms with Crippen LogP contribution in [0.15, 0.2) is 18.2 Å². The average molecular weight is 318 g/mol. The number of benzene rings is 1. The first-order chi connectivity index (χ1) is 9.47. The highest BCUT2D eigenvalue weighted by Gasteiger charge is 2.15. The van der Waals surface area contributed by atoms with E-state index in [1.165, 1.54) is 32.4 Å². The molecule has 0 aliphatic carbocycles. The summed E-state index contributed by atoms with van der Waals surface area (Å²) in [6.07, 6.45) is 0. The second-order valence-corrected chi connectivity index (χ2v) is 4.82. The first kappa shape index (κ1) is 16.3. The van der Waals surface area contributed by atoms with E-state index in [0.29, 0.717) is 16.8 Å². The third-order valence-electron chi connectivity index (χ3n) is 2.15. The van der Waals surface area contributed by atoms with Crippen LogP contribution in [0.5, 0.6) is 0 Å². The Bertz CT molecular complexity index is 535. The lowest BCUT2D eigenvalue weighted by molar-refractivity contribution is -0.113. The summed E-state index contributed by atoms with van der Waals surface area (Å²) in [7, 11) is 2.45. The van der Waals surface area contributed by atoms with Crippen LogP contribution in [0.25, 0.3) is 0 Å². The first-order valence-electron chi connectivity index (χ1n) is 5.36. The molecular formula is C12H12ClNO5S. The summed E-state index contributed by atoms with van der Waals surface area (Å²) in [5.74, 6) is -1.20. The Morgan fingerprint density at radius 2 is 1.95 bits per heavy atom. The van der Waals surface area contributed by atoms with Crippen LogP contribution in [0.1, 0.15) is 10.4 Å². The lowest BCUT2D eigenvalue weighted by Gasteiger charge is -2.09. The van der Waals surface area contributed by atoms with Crippen molar-refractivity contribution in [2.24, 2.45) is 0 Å². The van der Waals surface area contributed by atoms with Crippen LogP contribution < -0.4 is 5.32 Å². The zero-order valence-corrected chi connectivity index (χ0v) is 12.3. The Morgan fingerprint density at radius 3 is 2.55 bits per heavy atom. The summed E-state index contributed by atoms with van der Waals surface area (Å²) in [5, 5.41) is 2.28. The number of hydrogen-bond donors (Lipinski definition) is 1. The van der Waals surface area contributed by atoms with E-state index in [1.54, 1.807) is 0 Å². The van der Waals surface area contributed by atoms with Gasteiger partial charge in [0.15, 0.2) is 0 Å². The third-order valence-corrected chi connectivity index (χ3v) is 3.19. The zero-order valence-electron chi connectivity index (χ0n) is 10.8. The van der Waals surface area contributed by atoms with Gasteiger partial charge in [0.2, 0.25) is 5.91 Å². The predicted molar refractivity (Wildman–Crippen MR) is 76.3 cm³/mol. The highest BCUT2D eigenvalue weighted by Crippen LogP contribution is 2.22. The molecule has 20 heavy (non-hydrogen) atoms. The highest BCUT2D eigenvalue weighted by molar-refractivity contribution is 8.13. The van der Waals surface area contributed by atoms with E-state index in [9.17, 15) is 14.4 Å². The van der Waals surface area contributed by atoms with Crippen LogP contribution in [-0.4, -0.2) is 37.2 Å². The van der Waals surface area contributed by atoms with Crippen molar-refractivity contribution in [1.82, 2.24) is 0 Å². The summed E-state index contributed by atoms with van der Waals surface area (Å²) >= 11 is 6.52. The molecule has 0 bridgehead atoms. The zero-order chi connectivity index (χ0) is 15.1. The number of methoxy groups -OCH3 is 2. The van der Waals surface area contributed by atoms with Gasteiger partial charge in [-0.25, -0.2) is 9.59 Å². The van der Waals surface area contributed by atoms with Crippen molar-refractivity contribution < 1.29 is 23.9 Å². The summed E-state index contributed by atoms with van der Waals surface area (Å²) in [6.45, 7) is 0. The van der Waals surface area contributed by atoms with Crippen molar-refractivity contribution in [3.8, 4) is 0 Å². The van der Waals surface area contributed by atoms with E-state index < -0.39 is 17.2 Å². The minimum atomic E-state index is -0.599. The summed E-state index contributed by atoms with van der Waals surface area (Å²) in [5.41, 5.74) is 0.396. The standard InChI is InChI=1S/C12H12ClNO5S/c1-18-11(16)8-4-3-7(13)5-9(8)14-10(15)6-20-12(17)19-2/h3-5H,6H2,1-2H3,(H,14,15). The Labute approximate surface area is 124 Å². The molecule has 1 aromatic carbocycles. The summed E-state index contributed by atoms with van der Waals surface area (Å²) in [4.78, 5) is 34.1. The van der Waals surface area contributed by atoms with Crippen LogP contribution in [0, 0.1) is 0 Å². The van der Waals surface area contributed by atoms with Gasteiger partial charge in [0.25, 0.3) is 0 Å². The van der Waals surface area contributed by atoms with Crippen LogP contribution >= 0.6 is 23.4 Å². The molecule has 0 spiro atoms. The molecule has 0 unspecified atom stereocenters. The fraction of sp³-hybridized carbons (Fsp3) is 0.250. The fourth-order valence-corrected chi connectivity index (χ4v) is 1.89. The van der Waals surface area contributed by atoms with Gasteiger partial charge in [0, 0.05) is 5.02 Å². The topological polar surface area (TPSA) is 81.7 Å². The van der Waals surface area contributed by atoms with Gasteiger partial charge in [-0.05, 0) is 30.0 Å². The number of rotatable bonds is 4. The maximum Gasteiger partial charge on any atom is 0.367 e. The second kappa shape index (κ2) is 7.76. The molecule has 0 radical (unpaired) electrons. The van der Waals surface area contributed by atoms with Gasteiger partial charge in [-0.2, -0.15) is 0 Å². The van der Waals surface area contributed by atoms with Gasteiger partial charge in [0.05, 0.1) is 31.2 Å². The SMILES string of the molecule is COC(=O)SCC(=O)Nc1cc(Cl)ccc1C(=O)OC. The van der Waals surface area contributed by atoms with Gasteiger partial charge in [0.1, 0.15) is 0 Å². The van der Waals surface area contributed by atoms with E-state index in [-0.39, 0.29) is 17.0 Å². The Morgan fingerprint density at radius 1 is 1.25 bits per heavy atom. The molecule has 1 N–H and O–H groups in total. The van der Waals surface area contributed by atoms with Gasteiger partial charge >= 0.3 is 11.3 Å². The number of anilines is 1. The smallest absolute Gasteiger partial charge is 0.367 e. The summed E-state index contributed by atoms with van der Waals surface area (Å²) < 4.78 is 9.00. The van der Waals surface area contributed by atoms with Crippen molar-refractivity contribution in [2.75, 3.05) is 25.3 Å². The maximum atomic E-state index is 11.7. The Kier molecular flexibility index (Phi) is 6.33. The van der Waals surface area contributed by atoms with Gasteiger partial charge < -0.3 is 14.8 Å². The number of carbonyl (C=O) groups excluding carboxylic acids is 3. The van der Waals surface area contributed by atoms with Crippen molar-refractivity contribution >= 4 is 46.2 Å². The largest absolute Gasteiger partial charge is 0.465 e. The molecule has 0 saturated heterocycles. The molecule has 1 rings (SSSR count). The Hall–Kier alpha value is -1.73. The molecule has 0 aliphatic rings. The van der Waals surface area contributed by atoms with Gasteiger partial charge in [-0.3, -0.25) is 4.79 Å². The molecule has 6 nitrogen and oxygen atoms in total. The van der Waals surface area contributed by atoms with E-state index in [2.05, 4.69) is 14.8 Å². The molecule has 0 saturated carbocycles. The van der Waals surface area contributed by atoms with Crippen molar-refractivity contribution in [2.45, 2.75) is 0 Å². The van der Waals surface area contributed by atoms with E-state index in [1.807, 2.05) is 0 Å². The molecule has 1 amide bonds. The lowest BCUT2D eigenvalue weighted by atomic mass is 10.2. The molecule has 8 heteroatoms. The van der Waals surface area contributed by atoms with Crippen LogP contribution in [-0.2, 0) is 14.3 Å². The molecule has 0 heterocycles. The van der Waals surface area contributed by atoms with E-state index in [4.69, 9.17) is 11.6 Å². The third kappa shape index (κ3) is 4.75. The van der Waals surface area contributed by atoms with Crippen molar-refractivity contribution in [1.29, 1.82) is 0 Å². The molecular weight excluding hydrogens is 306 g/mol. The highest BCUT2D eigenvalue weighted by atomic mass is 35.5. The average Bonchev–Trinajstić information content (AvgIpc) is 2.44. The number of hydrogen-bond acceptors (Lipinski definition) is 6. The van der Waals surface area contributed by atoms with E-state index >= 15 is 0 Å². The van der Waals surface area contributed by atoms with Crippen LogP contribution in [0.2, 0.25) is 5.02 Å². The van der Waals surface area contributed by atoms with Crippen molar-refractivity contribution in [3.63, 3.8) is 0 Å². The molecule has 0 atom stereocenters. The Balaban J connectivity index is 2.80. The lowest BCUT2D eigenvalue weighted by Crippen LogP contribution is -2.18. The van der Waals surface area contributed by atoms with Gasteiger partial charge in [-0.15, -0.1) is 0 Å². The number of ether oxygens (including phenoxy) is 2. The normalized spacial score (nSPS) is 9.75. The molecule has 0 aliphatic heterocycles. The fourth-order valence-electron chi connectivity index (χ4n) is 1.28. The van der Waals surface area contributed by atoms with Crippen molar-refractivity contribution in [3.05, 3.63) is 28.8 Å². The number of esters is 1. The molecule has 108 valence electrons. The maximum absolute atomic E-state index is 11.7. The predicted octanol–water partition coefficient (Wildman–Crippen LogP) is 2.56. The molecule has 1 aromatic rings. The van der Waals surface area contributed by atoms with Gasteiger partial charge in [-0.1, -0.05) is 11.6 Å². The number of carbonyl (C=O) groups is 3. The minimum absolute atomic E-state index is 0.139. The summed E-state index contributed by atoms with van der Waals surface area (Å²) in [6, 6.07) is 4.37. The number of amides is 1. The van der Waals surface area contributed by atoms with Crippen LogP contribution in [0.4, 0.5) is 10.5 Å². The quantitative estimate of drug-likeness (QED) is 0.859. The minimum Gasteiger partial charge on any atom is -0.465 e. The number of thioether (sulfide) groups is 1. The monoisotopic (exact) mass is 317 g/mol.